The Hall–Kier alpha value is -2.20. The highest BCUT2D eigenvalue weighted by molar-refractivity contribution is 6.08. The van der Waals surface area contributed by atoms with Gasteiger partial charge in [-0.3, -0.25) is 5.41 Å². The molecule has 0 saturated carbocycles. The van der Waals surface area contributed by atoms with Crippen LogP contribution in [0.25, 0.3) is 11.1 Å². The number of rotatable bonds is 2. The Morgan fingerprint density at radius 3 is 2.11 bits per heavy atom. The minimum absolute atomic E-state index is 0. The van der Waals surface area contributed by atoms with Crippen molar-refractivity contribution in [2.24, 2.45) is 5.73 Å². The smallest absolute Gasteiger partial charge is 0.125 e. The van der Waals surface area contributed by atoms with Gasteiger partial charge in [0, 0.05) is 5.56 Å². The van der Waals surface area contributed by atoms with E-state index in [-0.39, 0.29) is 18.2 Å². The minimum Gasteiger partial charge on any atom is -0.397 e. The molecule has 94 valence electrons. The van der Waals surface area contributed by atoms with Gasteiger partial charge in [-0.2, -0.15) is 0 Å². The summed E-state index contributed by atoms with van der Waals surface area (Å²) in [6.45, 7) is 0. The van der Waals surface area contributed by atoms with Crippen molar-refractivity contribution in [3.63, 3.8) is 0 Å². The summed E-state index contributed by atoms with van der Waals surface area (Å²) in [4.78, 5) is 0. The normalized spacial score (nSPS) is 9.56. The number of halogens is 1. The van der Waals surface area contributed by atoms with Crippen molar-refractivity contribution in [1.29, 1.82) is 5.41 Å². The maximum atomic E-state index is 7.61. The van der Waals surface area contributed by atoms with Gasteiger partial charge in [-0.25, -0.2) is 0 Å². The molecular formula is C13H15ClN4. The van der Waals surface area contributed by atoms with E-state index < -0.39 is 0 Å². The maximum absolute atomic E-state index is 7.61. The molecule has 0 aliphatic heterocycles. The Morgan fingerprint density at radius 1 is 0.944 bits per heavy atom. The van der Waals surface area contributed by atoms with Gasteiger partial charge >= 0.3 is 0 Å². The van der Waals surface area contributed by atoms with Gasteiger partial charge in [0.15, 0.2) is 0 Å². The summed E-state index contributed by atoms with van der Waals surface area (Å²) in [5.74, 6) is -0.0753. The standard InChI is InChI=1S/C13H14N4.ClH/c14-10-7-6-9(8-4-2-1-3-5-8)11(12(10)15)13(16)17;/h1-7H,14-15H2,(H3,16,17);1H. The predicted molar refractivity (Wildman–Crippen MR) is 79.0 cm³/mol. The first-order valence-electron chi connectivity index (χ1n) is 5.19. The van der Waals surface area contributed by atoms with E-state index in [9.17, 15) is 0 Å². The molecule has 2 rings (SSSR count). The van der Waals surface area contributed by atoms with Crippen molar-refractivity contribution in [2.45, 2.75) is 0 Å². The van der Waals surface area contributed by atoms with Crippen LogP contribution < -0.4 is 17.2 Å². The molecule has 5 heteroatoms. The lowest BCUT2D eigenvalue weighted by atomic mass is 9.97. The van der Waals surface area contributed by atoms with E-state index in [1.165, 1.54) is 0 Å². The highest BCUT2D eigenvalue weighted by Crippen LogP contribution is 2.30. The highest BCUT2D eigenvalue weighted by atomic mass is 35.5. The van der Waals surface area contributed by atoms with Crippen LogP contribution in [0.15, 0.2) is 42.5 Å². The van der Waals surface area contributed by atoms with Gasteiger partial charge in [0.1, 0.15) is 5.84 Å². The van der Waals surface area contributed by atoms with E-state index in [4.69, 9.17) is 22.6 Å². The summed E-state index contributed by atoms with van der Waals surface area (Å²) >= 11 is 0. The second-order valence-corrected chi connectivity index (χ2v) is 3.77. The van der Waals surface area contributed by atoms with Crippen LogP contribution in [0.4, 0.5) is 11.4 Å². The van der Waals surface area contributed by atoms with Crippen molar-refractivity contribution < 1.29 is 0 Å². The maximum Gasteiger partial charge on any atom is 0.125 e. The molecule has 0 aliphatic rings. The summed E-state index contributed by atoms with van der Waals surface area (Å²) in [7, 11) is 0. The van der Waals surface area contributed by atoms with Crippen LogP contribution in [-0.2, 0) is 0 Å². The van der Waals surface area contributed by atoms with Crippen molar-refractivity contribution in [3.05, 3.63) is 48.0 Å². The van der Waals surface area contributed by atoms with Crippen LogP contribution >= 0.6 is 12.4 Å². The number of anilines is 2. The van der Waals surface area contributed by atoms with Crippen LogP contribution in [0.3, 0.4) is 0 Å². The van der Waals surface area contributed by atoms with Crippen LogP contribution in [0.5, 0.6) is 0 Å². The largest absolute Gasteiger partial charge is 0.397 e. The molecule has 0 saturated heterocycles. The fourth-order valence-electron chi connectivity index (χ4n) is 1.78. The number of nitrogens with two attached hydrogens (primary N) is 3. The van der Waals surface area contributed by atoms with Gasteiger partial charge in [0.25, 0.3) is 0 Å². The molecule has 0 atom stereocenters. The molecule has 18 heavy (non-hydrogen) atoms. The van der Waals surface area contributed by atoms with E-state index >= 15 is 0 Å². The number of hydrogen-bond donors (Lipinski definition) is 4. The topological polar surface area (TPSA) is 102 Å². The van der Waals surface area contributed by atoms with Gasteiger partial charge in [-0.05, 0) is 17.2 Å². The number of hydrogen-bond acceptors (Lipinski definition) is 3. The molecule has 0 unspecified atom stereocenters. The van der Waals surface area contributed by atoms with Gasteiger partial charge in [-0.1, -0.05) is 36.4 Å². The van der Waals surface area contributed by atoms with Crippen LogP contribution in [0, 0.1) is 5.41 Å². The van der Waals surface area contributed by atoms with Gasteiger partial charge in [0.2, 0.25) is 0 Å². The van der Waals surface area contributed by atoms with E-state index in [2.05, 4.69) is 0 Å². The van der Waals surface area contributed by atoms with E-state index in [0.29, 0.717) is 16.9 Å². The second-order valence-electron chi connectivity index (χ2n) is 3.77. The lowest BCUT2D eigenvalue weighted by Crippen LogP contribution is -2.16. The zero-order valence-electron chi connectivity index (χ0n) is 9.68. The first-order chi connectivity index (χ1) is 8.11. The lowest BCUT2D eigenvalue weighted by molar-refractivity contribution is 1.42. The summed E-state index contributed by atoms with van der Waals surface area (Å²) in [6.07, 6.45) is 0. The predicted octanol–water partition coefficient (Wildman–Crippen LogP) is 2.22. The highest BCUT2D eigenvalue weighted by Gasteiger charge is 2.13. The third-order valence-electron chi connectivity index (χ3n) is 2.63. The fraction of sp³-hybridized carbons (Fsp3) is 0. The van der Waals surface area contributed by atoms with E-state index in [0.717, 1.165) is 11.1 Å². The zero-order chi connectivity index (χ0) is 12.4. The van der Waals surface area contributed by atoms with E-state index in [1.807, 2.05) is 36.4 Å². The first-order valence-corrected chi connectivity index (χ1v) is 5.19. The molecule has 7 N–H and O–H groups in total. The molecule has 4 nitrogen and oxygen atoms in total. The lowest BCUT2D eigenvalue weighted by Gasteiger charge is -2.13. The van der Waals surface area contributed by atoms with Gasteiger partial charge < -0.3 is 17.2 Å². The number of nitrogen functional groups attached to an aromatic ring is 3. The Morgan fingerprint density at radius 2 is 1.56 bits per heavy atom. The quantitative estimate of drug-likeness (QED) is 0.379. The molecule has 0 radical (unpaired) electrons. The van der Waals surface area contributed by atoms with Crippen LogP contribution in [-0.4, -0.2) is 5.84 Å². The van der Waals surface area contributed by atoms with Crippen molar-refractivity contribution in [2.75, 3.05) is 11.5 Å². The molecule has 2 aromatic rings. The van der Waals surface area contributed by atoms with E-state index in [1.54, 1.807) is 6.07 Å². The molecule has 0 aliphatic carbocycles. The Kier molecular flexibility index (Phi) is 4.18. The van der Waals surface area contributed by atoms with Crippen molar-refractivity contribution >= 4 is 29.6 Å². The summed E-state index contributed by atoms with van der Waals surface area (Å²) in [5.41, 5.74) is 20.3. The third kappa shape index (κ3) is 2.38. The number of amidine groups is 1. The molecule has 2 aromatic carbocycles. The molecule has 0 bridgehead atoms. The number of nitrogens with one attached hydrogen (secondary N) is 1. The molecule has 0 amide bonds. The Bertz CT molecular complexity index is 567. The Labute approximate surface area is 112 Å². The average Bonchev–Trinajstić information content (AvgIpc) is 2.33. The van der Waals surface area contributed by atoms with Crippen molar-refractivity contribution in [1.82, 2.24) is 0 Å². The second kappa shape index (κ2) is 5.42. The fourth-order valence-corrected chi connectivity index (χ4v) is 1.78. The minimum atomic E-state index is -0.0753. The summed E-state index contributed by atoms with van der Waals surface area (Å²) in [5, 5.41) is 7.61. The summed E-state index contributed by atoms with van der Waals surface area (Å²) in [6, 6.07) is 13.2. The number of benzene rings is 2. The Balaban J connectivity index is 0.00000162. The average molecular weight is 263 g/mol. The van der Waals surface area contributed by atoms with Gasteiger partial charge in [0.05, 0.1) is 11.4 Å². The SMILES string of the molecule is Cl.N=C(N)c1c(-c2ccccc2)ccc(N)c1N. The zero-order valence-corrected chi connectivity index (χ0v) is 10.5. The van der Waals surface area contributed by atoms with Crippen LogP contribution in [0.1, 0.15) is 5.56 Å². The van der Waals surface area contributed by atoms with Crippen LogP contribution in [0.2, 0.25) is 0 Å². The van der Waals surface area contributed by atoms with Gasteiger partial charge in [-0.15, -0.1) is 12.4 Å². The third-order valence-corrected chi connectivity index (χ3v) is 2.63. The molecule has 0 heterocycles. The summed E-state index contributed by atoms with van der Waals surface area (Å²) < 4.78 is 0. The molecular weight excluding hydrogens is 248 g/mol. The monoisotopic (exact) mass is 262 g/mol. The molecule has 0 fully saturated rings. The first kappa shape index (κ1) is 13.9. The molecule has 0 aromatic heterocycles. The van der Waals surface area contributed by atoms with Crippen molar-refractivity contribution in [3.8, 4) is 11.1 Å². The molecule has 0 spiro atoms.